The van der Waals surface area contributed by atoms with Crippen molar-refractivity contribution in [1.29, 1.82) is 0 Å². The number of anilines is 2. The lowest BCUT2D eigenvalue weighted by Crippen LogP contribution is -1.98. The second-order valence-electron chi connectivity index (χ2n) is 3.81. The van der Waals surface area contributed by atoms with Gasteiger partial charge in [0.1, 0.15) is 11.5 Å². The molecule has 0 amide bonds. The minimum atomic E-state index is 0.538. The van der Waals surface area contributed by atoms with Crippen LogP contribution in [0.25, 0.3) is 0 Å². The fraction of sp³-hybridized carbons (Fsp3) is 0.231. The van der Waals surface area contributed by atoms with E-state index in [2.05, 4.69) is 15.3 Å². The third kappa shape index (κ3) is 2.88. The molecule has 2 rings (SSSR count). The van der Waals surface area contributed by atoms with E-state index in [1.165, 1.54) is 0 Å². The molecule has 0 unspecified atom stereocenters. The van der Waals surface area contributed by atoms with E-state index in [9.17, 15) is 0 Å². The number of ether oxygens (including phenoxy) is 2. The topological polar surface area (TPSA) is 56.3 Å². The van der Waals surface area contributed by atoms with Crippen LogP contribution in [-0.4, -0.2) is 24.2 Å². The van der Waals surface area contributed by atoms with Crippen molar-refractivity contribution in [1.82, 2.24) is 9.97 Å². The summed E-state index contributed by atoms with van der Waals surface area (Å²) in [7, 11) is 3.22. The highest BCUT2D eigenvalue weighted by molar-refractivity contribution is 5.59. The van der Waals surface area contributed by atoms with Crippen molar-refractivity contribution < 1.29 is 9.47 Å². The molecule has 0 aliphatic heterocycles. The van der Waals surface area contributed by atoms with Gasteiger partial charge in [0.15, 0.2) is 0 Å². The van der Waals surface area contributed by atoms with Crippen LogP contribution < -0.4 is 14.8 Å². The predicted octanol–water partition coefficient (Wildman–Crippen LogP) is 2.55. The van der Waals surface area contributed by atoms with Gasteiger partial charge in [0.25, 0.3) is 0 Å². The molecule has 0 aliphatic carbocycles. The van der Waals surface area contributed by atoms with Gasteiger partial charge in [0.05, 0.1) is 14.2 Å². The minimum absolute atomic E-state index is 0.538. The molecular weight excluding hydrogens is 230 g/mol. The first-order chi connectivity index (χ1) is 8.71. The van der Waals surface area contributed by atoms with Gasteiger partial charge in [-0.25, -0.2) is 9.97 Å². The van der Waals surface area contributed by atoms with E-state index >= 15 is 0 Å². The summed E-state index contributed by atoms with van der Waals surface area (Å²) in [6.45, 7) is 1.94. The van der Waals surface area contributed by atoms with Crippen molar-refractivity contribution in [3.8, 4) is 11.5 Å². The molecule has 0 fully saturated rings. The van der Waals surface area contributed by atoms with E-state index in [0.717, 1.165) is 11.3 Å². The second-order valence-corrected chi connectivity index (χ2v) is 3.81. The lowest BCUT2D eigenvalue weighted by atomic mass is 10.3. The number of hydrogen-bond acceptors (Lipinski definition) is 5. The molecule has 0 radical (unpaired) electrons. The summed E-state index contributed by atoms with van der Waals surface area (Å²) in [6.07, 6.45) is 3.51. The summed E-state index contributed by atoms with van der Waals surface area (Å²) in [5.41, 5.74) is 1.83. The van der Waals surface area contributed by atoms with E-state index in [4.69, 9.17) is 9.47 Å². The van der Waals surface area contributed by atoms with Crippen molar-refractivity contribution in [3.05, 3.63) is 36.2 Å². The zero-order chi connectivity index (χ0) is 13.0. The summed E-state index contributed by atoms with van der Waals surface area (Å²) in [6, 6.07) is 5.51. The quantitative estimate of drug-likeness (QED) is 0.897. The minimum Gasteiger partial charge on any atom is -0.497 e. The maximum absolute atomic E-state index is 5.19. The first kappa shape index (κ1) is 12.2. The Morgan fingerprint density at radius 1 is 0.944 bits per heavy atom. The summed E-state index contributed by atoms with van der Waals surface area (Å²) < 4.78 is 10.4. The maximum atomic E-state index is 5.19. The van der Waals surface area contributed by atoms with E-state index in [1.54, 1.807) is 32.7 Å². The normalized spacial score (nSPS) is 9.94. The number of nitrogens with one attached hydrogen (secondary N) is 1. The van der Waals surface area contributed by atoms with Crippen LogP contribution in [0.5, 0.6) is 11.5 Å². The largest absolute Gasteiger partial charge is 0.497 e. The van der Waals surface area contributed by atoms with Crippen LogP contribution in [-0.2, 0) is 0 Å². The Hall–Kier alpha value is -2.30. The zero-order valence-electron chi connectivity index (χ0n) is 10.6. The Morgan fingerprint density at radius 2 is 1.50 bits per heavy atom. The first-order valence-electron chi connectivity index (χ1n) is 5.50. The van der Waals surface area contributed by atoms with E-state index in [0.29, 0.717) is 17.4 Å². The first-order valence-corrected chi connectivity index (χ1v) is 5.50. The van der Waals surface area contributed by atoms with Crippen molar-refractivity contribution in [2.45, 2.75) is 6.92 Å². The SMILES string of the molecule is COc1cc(Nc2ncc(C)cn2)cc(OC)c1. The average molecular weight is 245 g/mol. The van der Waals surface area contributed by atoms with Crippen LogP contribution in [0.4, 0.5) is 11.6 Å². The molecule has 0 saturated heterocycles. The van der Waals surface area contributed by atoms with Crippen molar-refractivity contribution in [2.75, 3.05) is 19.5 Å². The van der Waals surface area contributed by atoms with Gasteiger partial charge >= 0.3 is 0 Å². The van der Waals surface area contributed by atoms with Gasteiger partial charge in [-0.2, -0.15) is 0 Å². The number of aromatic nitrogens is 2. The van der Waals surface area contributed by atoms with E-state index in [1.807, 2.05) is 19.1 Å². The van der Waals surface area contributed by atoms with Crippen molar-refractivity contribution >= 4 is 11.6 Å². The molecule has 5 heteroatoms. The highest BCUT2D eigenvalue weighted by atomic mass is 16.5. The molecule has 2 aromatic rings. The van der Waals surface area contributed by atoms with E-state index in [-0.39, 0.29) is 0 Å². The smallest absolute Gasteiger partial charge is 0.227 e. The average Bonchev–Trinajstić information content (AvgIpc) is 2.41. The molecular formula is C13H15N3O2. The third-order valence-electron chi connectivity index (χ3n) is 2.39. The molecule has 0 spiro atoms. The van der Waals surface area contributed by atoms with Gasteiger partial charge in [-0.3, -0.25) is 0 Å². The van der Waals surface area contributed by atoms with Gasteiger partial charge in [-0.05, 0) is 12.5 Å². The maximum Gasteiger partial charge on any atom is 0.227 e. The number of rotatable bonds is 4. The number of methoxy groups -OCH3 is 2. The predicted molar refractivity (Wildman–Crippen MR) is 69.6 cm³/mol. The number of aryl methyl sites for hydroxylation is 1. The van der Waals surface area contributed by atoms with Crippen LogP contribution in [0.1, 0.15) is 5.56 Å². The number of nitrogens with zero attached hydrogens (tertiary/aromatic N) is 2. The number of benzene rings is 1. The molecule has 1 N–H and O–H groups in total. The molecule has 1 aromatic heterocycles. The van der Waals surface area contributed by atoms with Crippen molar-refractivity contribution in [2.24, 2.45) is 0 Å². The molecule has 94 valence electrons. The van der Waals surface area contributed by atoms with Crippen LogP contribution in [0.3, 0.4) is 0 Å². The fourth-order valence-corrected chi connectivity index (χ4v) is 1.47. The Kier molecular flexibility index (Phi) is 3.62. The Labute approximate surface area is 106 Å². The molecule has 1 aromatic carbocycles. The Morgan fingerprint density at radius 3 is 2.00 bits per heavy atom. The van der Waals surface area contributed by atoms with Crippen LogP contribution in [0.2, 0.25) is 0 Å². The molecule has 0 aliphatic rings. The van der Waals surface area contributed by atoms with Crippen molar-refractivity contribution in [3.63, 3.8) is 0 Å². The lowest BCUT2D eigenvalue weighted by Gasteiger charge is -2.09. The lowest BCUT2D eigenvalue weighted by molar-refractivity contribution is 0.395. The summed E-state index contributed by atoms with van der Waals surface area (Å²) in [5.74, 6) is 1.96. The van der Waals surface area contributed by atoms with Crippen LogP contribution in [0, 0.1) is 6.92 Å². The van der Waals surface area contributed by atoms with Gasteiger partial charge in [-0.1, -0.05) is 0 Å². The zero-order valence-corrected chi connectivity index (χ0v) is 10.6. The summed E-state index contributed by atoms with van der Waals surface area (Å²) in [5, 5.41) is 3.10. The summed E-state index contributed by atoms with van der Waals surface area (Å²) >= 11 is 0. The second kappa shape index (κ2) is 5.35. The summed E-state index contributed by atoms with van der Waals surface area (Å²) in [4.78, 5) is 8.36. The van der Waals surface area contributed by atoms with Gasteiger partial charge in [0.2, 0.25) is 5.95 Å². The standard InChI is InChI=1S/C13H15N3O2/c1-9-7-14-13(15-8-9)16-10-4-11(17-2)6-12(5-10)18-3/h4-8H,1-3H3,(H,14,15,16). The van der Waals surface area contributed by atoms with Gasteiger partial charge < -0.3 is 14.8 Å². The molecule has 0 atom stereocenters. The Balaban J connectivity index is 2.25. The molecule has 18 heavy (non-hydrogen) atoms. The van der Waals surface area contributed by atoms with Gasteiger partial charge in [-0.15, -0.1) is 0 Å². The third-order valence-corrected chi connectivity index (χ3v) is 2.39. The number of hydrogen-bond donors (Lipinski definition) is 1. The van der Waals surface area contributed by atoms with Crippen LogP contribution >= 0.6 is 0 Å². The Bertz CT molecular complexity index is 504. The molecule has 1 heterocycles. The van der Waals surface area contributed by atoms with E-state index < -0.39 is 0 Å². The fourth-order valence-electron chi connectivity index (χ4n) is 1.47. The molecule has 0 saturated carbocycles. The molecule has 0 bridgehead atoms. The molecule has 5 nitrogen and oxygen atoms in total. The monoisotopic (exact) mass is 245 g/mol. The van der Waals surface area contributed by atoms with Gasteiger partial charge in [0, 0.05) is 36.3 Å². The highest BCUT2D eigenvalue weighted by Crippen LogP contribution is 2.26. The van der Waals surface area contributed by atoms with Crippen LogP contribution in [0.15, 0.2) is 30.6 Å². The highest BCUT2D eigenvalue weighted by Gasteiger charge is 2.03.